The molecule has 1 aliphatic carbocycles. The van der Waals surface area contributed by atoms with Crippen molar-refractivity contribution in [1.29, 1.82) is 0 Å². The molecule has 0 spiro atoms. The van der Waals surface area contributed by atoms with E-state index in [0.717, 1.165) is 29.0 Å². The van der Waals surface area contributed by atoms with Gasteiger partial charge in [-0.2, -0.15) is 0 Å². The van der Waals surface area contributed by atoms with Crippen LogP contribution in [0.15, 0.2) is 18.2 Å². The van der Waals surface area contributed by atoms with Gasteiger partial charge in [0, 0.05) is 17.8 Å². The van der Waals surface area contributed by atoms with Crippen molar-refractivity contribution in [1.82, 2.24) is 0 Å². The molecule has 18 heavy (non-hydrogen) atoms. The van der Waals surface area contributed by atoms with Gasteiger partial charge in [-0.3, -0.25) is 0 Å². The predicted molar refractivity (Wildman–Crippen MR) is 72.2 cm³/mol. The maximum Gasteiger partial charge on any atom is 0.231 e. The van der Waals surface area contributed by atoms with Crippen LogP contribution in [-0.2, 0) is 0 Å². The van der Waals surface area contributed by atoms with E-state index in [0.29, 0.717) is 12.8 Å². The first-order valence-electron chi connectivity index (χ1n) is 6.88. The van der Waals surface area contributed by atoms with Gasteiger partial charge in [-0.1, -0.05) is 13.8 Å². The molecule has 0 aromatic heterocycles. The molecule has 0 amide bonds. The molecule has 3 atom stereocenters. The molecule has 0 radical (unpaired) electrons. The lowest BCUT2D eigenvalue weighted by Gasteiger charge is -2.33. The Morgan fingerprint density at radius 2 is 1.89 bits per heavy atom. The highest BCUT2D eigenvalue weighted by molar-refractivity contribution is 5.56. The minimum absolute atomic E-state index is 0.344. The van der Waals surface area contributed by atoms with Crippen LogP contribution in [0.4, 0.5) is 5.69 Å². The van der Waals surface area contributed by atoms with Crippen LogP contribution in [0.25, 0.3) is 0 Å². The van der Waals surface area contributed by atoms with E-state index in [-0.39, 0.29) is 0 Å². The summed E-state index contributed by atoms with van der Waals surface area (Å²) in [6, 6.07) is 6.71. The van der Waals surface area contributed by atoms with Gasteiger partial charge in [0.05, 0.1) is 0 Å². The van der Waals surface area contributed by atoms with Crippen LogP contribution < -0.4 is 14.8 Å². The normalized spacial score (nSPS) is 30.2. The molecule has 1 heterocycles. The van der Waals surface area contributed by atoms with Crippen LogP contribution in [-0.4, -0.2) is 12.8 Å². The molecule has 3 unspecified atom stereocenters. The van der Waals surface area contributed by atoms with E-state index in [9.17, 15) is 0 Å². The van der Waals surface area contributed by atoms with Gasteiger partial charge in [-0.05, 0) is 43.2 Å². The lowest BCUT2D eigenvalue weighted by Crippen LogP contribution is -2.30. The first-order chi connectivity index (χ1) is 8.72. The molecule has 3 heteroatoms. The van der Waals surface area contributed by atoms with Gasteiger partial charge in [-0.25, -0.2) is 0 Å². The van der Waals surface area contributed by atoms with E-state index in [2.05, 4.69) is 25.2 Å². The van der Waals surface area contributed by atoms with Crippen molar-refractivity contribution in [3.05, 3.63) is 18.2 Å². The summed E-state index contributed by atoms with van der Waals surface area (Å²) in [5.74, 6) is 3.38. The molecule has 3 rings (SSSR count). The van der Waals surface area contributed by atoms with E-state index >= 15 is 0 Å². The number of rotatable bonds is 2. The number of ether oxygens (including phenoxy) is 2. The van der Waals surface area contributed by atoms with Crippen molar-refractivity contribution in [2.45, 2.75) is 39.2 Å². The van der Waals surface area contributed by atoms with E-state index < -0.39 is 0 Å². The molecule has 1 aliphatic heterocycles. The topological polar surface area (TPSA) is 30.5 Å². The second kappa shape index (κ2) is 4.71. The Kier molecular flexibility index (Phi) is 3.06. The van der Waals surface area contributed by atoms with Gasteiger partial charge < -0.3 is 14.8 Å². The summed E-state index contributed by atoms with van der Waals surface area (Å²) in [5, 5.41) is 3.63. The summed E-state index contributed by atoms with van der Waals surface area (Å²) in [6.45, 7) is 5.07. The standard InChI is InChI=1S/C15H21NO2/c1-10-3-4-12(7-11(10)2)16-13-5-6-14-15(8-13)18-9-17-14/h5-6,8,10-12,16H,3-4,7,9H2,1-2H3. The Hall–Kier alpha value is -1.38. The van der Waals surface area contributed by atoms with Gasteiger partial charge in [-0.15, -0.1) is 0 Å². The average Bonchev–Trinajstić information content (AvgIpc) is 2.81. The van der Waals surface area contributed by atoms with Gasteiger partial charge in [0.15, 0.2) is 11.5 Å². The minimum Gasteiger partial charge on any atom is -0.454 e. The van der Waals surface area contributed by atoms with Crippen molar-refractivity contribution in [3.63, 3.8) is 0 Å². The maximum atomic E-state index is 5.40. The third-order valence-corrected chi connectivity index (χ3v) is 4.34. The van der Waals surface area contributed by atoms with Crippen molar-refractivity contribution >= 4 is 5.69 Å². The second-order valence-corrected chi connectivity index (χ2v) is 5.68. The van der Waals surface area contributed by atoms with Crippen LogP contribution in [0.1, 0.15) is 33.1 Å². The molecule has 0 bridgehead atoms. The van der Waals surface area contributed by atoms with Gasteiger partial charge in [0.1, 0.15) is 0 Å². The average molecular weight is 247 g/mol. The summed E-state index contributed by atoms with van der Waals surface area (Å²) in [7, 11) is 0. The summed E-state index contributed by atoms with van der Waals surface area (Å²) < 4.78 is 10.7. The van der Waals surface area contributed by atoms with Crippen LogP contribution in [0, 0.1) is 11.8 Å². The van der Waals surface area contributed by atoms with Crippen LogP contribution in [0.2, 0.25) is 0 Å². The van der Waals surface area contributed by atoms with E-state index in [1.54, 1.807) is 0 Å². The lowest BCUT2D eigenvalue weighted by atomic mass is 9.79. The molecule has 1 saturated carbocycles. The quantitative estimate of drug-likeness (QED) is 0.865. The SMILES string of the molecule is CC1CCC(Nc2ccc3c(c2)OCO3)CC1C. The van der Waals surface area contributed by atoms with Gasteiger partial charge in [0.2, 0.25) is 6.79 Å². The highest BCUT2D eigenvalue weighted by Gasteiger charge is 2.24. The molecule has 1 fully saturated rings. The maximum absolute atomic E-state index is 5.40. The number of nitrogens with one attached hydrogen (secondary N) is 1. The fourth-order valence-electron chi connectivity index (χ4n) is 2.90. The minimum atomic E-state index is 0.344. The fraction of sp³-hybridized carbons (Fsp3) is 0.600. The van der Waals surface area contributed by atoms with E-state index in [1.165, 1.54) is 19.3 Å². The molecule has 1 aromatic rings. The molecule has 3 nitrogen and oxygen atoms in total. The smallest absolute Gasteiger partial charge is 0.231 e. The summed E-state index contributed by atoms with van der Waals surface area (Å²) in [6.07, 6.45) is 3.85. The Labute approximate surface area is 108 Å². The Bertz CT molecular complexity index is 433. The second-order valence-electron chi connectivity index (χ2n) is 5.68. The third-order valence-electron chi connectivity index (χ3n) is 4.34. The van der Waals surface area contributed by atoms with Gasteiger partial charge in [0.25, 0.3) is 0 Å². The first kappa shape index (κ1) is 11.7. The summed E-state index contributed by atoms with van der Waals surface area (Å²) >= 11 is 0. The number of hydrogen-bond acceptors (Lipinski definition) is 3. The van der Waals surface area contributed by atoms with Crippen molar-refractivity contribution in [3.8, 4) is 11.5 Å². The van der Waals surface area contributed by atoms with Crippen LogP contribution >= 0.6 is 0 Å². The van der Waals surface area contributed by atoms with Crippen molar-refractivity contribution < 1.29 is 9.47 Å². The number of hydrogen-bond donors (Lipinski definition) is 1. The largest absolute Gasteiger partial charge is 0.454 e. The number of benzene rings is 1. The molecular formula is C15H21NO2. The Morgan fingerprint density at radius 3 is 2.72 bits per heavy atom. The monoisotopic (exact) mass is 247 g/mol. The molecule has 0 saturated heterocycles. The van der Waals surface area contributed by atoms with Crippen molar-refractivity contribution in [2.24, 2.45) is 11.8 Å². The molecule has 2 aliphatic rings. The highest BCUT2D eigenvalue weighted by atomic mass is 16.7. The molecule has 1 aromatic carbocycles. The molecule has 98 valence electrons. The van der Waals surface area contributed by atoms with E-state index in [1.807, 2.05) is 12.1 Å². The summed E-state index contributed by atoms with van der Waals surface area (Å²) in [5.41, 5.74) is 1.14. The number of fused-ring (bicyclic) bond motifs is 1. The van der Waals surface area contributed by atoms with Crippen LogP contribution in [0.5, 0.6) is 11.5 Å². The molecule has 1 N–H and O–H groups in total. The predicted octanol–water partition coefficient (Wildman–Crippen LogP) is 3.65. The van der Waals surface area contributed by atoms with Crippen LogP contribution in [0.3, 0.4) is 0 Å². The summed E-state index contributed by atoms with van der Waals surface area (Å²) in [4.78, 5) is 0. The highest BCUT2D eigenvalue weighted by Crippen LogP contribution is 2.36. The first-order valence-corrected chi connectivity index (χ1v) is 6.88. The lowest BCUT2D eigenvalue weighted by molar-refractivity contribution is 0.174. The fourth-order valence-corrected chi connectivity index (χ4v) is 2.90. The zero-order valence-electron chi connectivity index (χ0n) is 11.1. The zero-order valence-corrected chi connectivity index (χ0v) is 11.1. The Balaban J connectivity index is 1.66. The van der Waals surface area contributed by atoms with Gasteiger partial charge >= 0.3 is 0 Å². The number of anilines is 1. The Morgan fingerprint density at radius 1 is 1.06 bits per heavy atom. The zero-order chi connectivity index (χ0) is 12.5. The van der Waals surface area contributed by atoms with E-state index in [4.69, 9.17) is 9.47 Å². The third kappa shape index (κ3) is 2.26. The van der Waals surface area contributed by atoms with Crippen molar-refractivity contribution in [2.75, 3.05) is 12.1 Å². The molecular weight excluding hydrogens is 226 g/mol.